The van der Waals surface area contributed by atoms with Crippen molar-refractivity contribution in [2.45, 2.75) is 13.5 Å². The van der Waals surface area contributed by atoms with E-state index in [2.05, 4.69) is 15.4 Å². The number of amides is 1. The fraction of sp³-hybridized carbons (Fsp3) is 0.154. The van der Waals surface area contributed by atoms with Gasteiger partial charge in [0.25, 0.3) is 5.91 Å². The summed E-state index contributed by atoms with van der Waals surface area (Å²) in [4.78, 5) is 17.3. The van der Waals surface area contributed by atoms with Gasteiger partial charge in [0.2, 0.25) is 0 Å². The zero-order valence-corrected chi connectivity index (χ0v) is 11.1. The molecule has 0 aliphatic carbocycles. The first-order valence-electron chi connectivity index (χ1n) is 5.84. The number of hydrogen-bond acceptors (Lipinski definition) is 4. The highest BCUT2D eigenvalue weighted by molar-refractivity contribution is 7.09. The molecule has 0 atom stereocenters. The summed E-state index contributed by atoms with van der Waals surface area (Å²) in [5, 5.41) is 8.99. The SMILES string of the molecule is Cc1c(C(=O)NCc2cccs2)cn2ncncc12. The molecule has 0 aliphatic heterocycles. The van der Waals surface area contributed by atoms with Crippen molar-refractivity contribution in [1.29, 1.82) is 0 Å². The van der Waals surface area contributed by atoms with Crippen molar-refractivity contribution >= 4 is 22.8 Å². The van der Waals surface area contributed by atoms with E-state index in [0.717, 1.165) is 16.0 Å². The minimum Gasteiger partial charge on any atom is -0.347 e. The summed E-state index contributed by atoms with van der Waals surface area (Å²) in [7, 11) is 0. The summed E-state index contributed by atoms with van der Waals surface area (Å²) in [6.45, 7) is 2.45. The van der Waals surface area contributed by atoms with Gasteiger partial charge in [-0.3, -0.25) is 4.79 Å². The molecule has 3 aromatic heterocycles. The van der Waals surface area contributed by atoms with Crippen LogP contribution in [0.3, 0.4) is 0 Å². The Labute approximate surface area is 113 Å². The zero-order chi connectivity index (χ0) is 13.2. The topological polar surface area (TPSA) is 59.3 Å². The summed E-state index contributed by atoms with van der Waals surface area (Å²) in [5.41, 5.74) is 2.38. The number of carbonyl (C=O) groups is 1. The third kappa shape index (κ3) is 2.22. The quantitative estimate of drug-likeness (QED) is 0.793. The molecule has 3 aromatic rings. The molecule has 1 amide bonds. The Morgan fingerprint density at radius 2 is 2.42 bits per heavy atom. The van der Waals surface area contributed by atoms with E-state index in [1.54, 1.807) is 28.2 Å². The normalized spacial score (nSPS) is 10.8. The van der Waals surface area contributed by atoms with Crippen molar-refractivity contribution < 1.29 is 4.79 Å². The van der Waals surface area contributed by atoms with E-state index in [1.807, 2.05) is 24.4 Å². The van der Waals surface area contributed by atoms with Crippen LogP contribution in [0, 0.1) is 6.92 Å². The molecule has 3 rings (SSSR count). The van der Waals surface area contributed by atoms with Crippen molar-refractivity contribution in [1.82, 2.24) is 19.9 Å². The monoisotopic (exact) mass is 272 g/mol. The van der Waals surface area contributed by atoms with Crippen LogP contribution < -0.4 is 5.32 Å². The summed E-state index contributed by atoms with van der Waals surface area (Å²) in [6.07, 6.45) is 4.90. The first-order chi connectivity index (χ1) is 9.25. The minimum atomic E-state index is -0.0867. The molecule has 0 fully saturated rings. The maximum atomic E-state index is 12.2. The van der Waals surface area contributed by atoms with Crippen LogP contribution in [0.5, 0.6) is 0 Å². The Balaban J connectivity index is 1.83. The van der Waals surface area contributed by atoms with Gasteiger partial charge in [-0.05, 0) is 23.9 Å². The second-order valence-electron chi connectivity index (χ2n) is 4.17. The number of nitrogens with zero attached hydrogens (tertiary/aromatic N) is 3. The first-order valence-corrected chi connectivity index (χ1v) is 6.72. The van der Waals surface area contributed by atoms with Crippen LogP contribution >= 0.6 is 11.3 Å². The number of carbonyl (C=O) groups excluding carboxylic acids is 1. The van der Waals surface area contributed by atoms with Crippen LogP contribution in [0.1, 0.15) is 20.8 Å². The van der Waals surface area contributed by atoms with Crippen LogP contribution in [-0.2, 0) is 6.54 Å². The van der Waals surface area contributed by atoms with E-state index in [9.17, 15) is 4.79 Å². The Kier molecular flexibility index (Phi) is 3.00. The highest BCUT2D eigenvalue weighted by atomic mass is 32.1. The van der Waals surface area contributed by atoms with E-state index >= 15 is 0 Å². The van der Waals surface area contributed by atoms with E-state index in [0.29, 0.717) is 12.1 Å². The number of thiophene rings is 1. The molecule has 5 nitrogen and oxygen atoms in total. The van der Waals surface area contributed by atoms with Crippen molar-refractivity contribution in [3.8, 4) is 0 Å². The summed E-state index contributed by atoms with van der Waals surface area (Å²) >= 11 is 1.63. The van der Waals surface area contributed by atoms with E-state index in [1.165, 1.54) is 6.33 Å². The van der Waals surface area contributed by atoms with Gasteiger partial charge in [-0.15, -0.1) is 11.3 Å². The number of hydrogen-bond donors (Lipinski definition) is 1. The highest BCUT2D eigenvalue weighted by Crippen LogP contribution is 2.16. The molecule has 96 valence electrons. The van der Waals surface area contributed by atoms with Crippen LogP contribution in [0.4, 0.5) is 0 Å². The van der Waals surface area contributed by atoms with Crippen molar-refractivity contribution in [2.75, 3.05) is 0 Å². The maximum Gasteiger partial charge on any atom is 0.253 e. The predicted octanol–water partition coefficient (Wildman–Crippen LogP) is 2.03. The fourth-order valence-corrected chi connectivity index (χ4v) is 2.59. The number of fused-ring (bicyclic) bond motifs is 1. The number of aromatic nitrogens is 3. The standard InChI is InChI=1S/C13H12N4OS/c1-9-11(7-17-12(9)6-14-8-16-17)13(18)15-5-10-3-2-4-19-10/h2-4,6-8H,5H2,1H3,(H,15,18). The average Bonchev–Trinajstić information content (AvgIpc) is 3.05. The summed E-state index contributed by atoms with van der Waals surface area (Å²) in [6, 6.07) is 3.97. The smallest absolute Gasteiger partial charge is 0.253 e. The van der Waals surface area contributed by atoms with Crippen LogP contribution in [-0.4, -0.2) is 20.5 Å². The second kappa shape index (κ2) is 4.81. The van der Waals surface area contributed by atoms with Gasteiger partial charge in [-0.25, -0.2) is 9.50 Å². The van der Waals surface area contributed by atoms with Gasteiger partial charge in [0.05, 0.1) is 23.8 Å². The Hall–Kier alpha value is -2.21. The fourth-order valence-electron chi connectivity index (χ4n) is 1.94. The number of aryl methyl sites for hydroxylation is 1. The molecule has 19 heavy (non-hydrogen) atoms. The largest absolute Gasteiger partial charge is 0.347 e. The lowest BCUT2D eigenvalue weighted by molar-refractivity contribution is 0.0951. The first kappa shape index (κ1) is 11.9. The predicted molar refractivity (Wildman–Crippen MR) is 73.2 cm³/mol. The molecule has 6 heteroatoms. The van der Waals surface area contributed by atoms with Crippen molar-refractivity contribution in [2.24, 2.45) is 0 Å². The van der Waals surface area contributed by atoms with Gasteiger partial charge < -0.3 is 5.32 Å². The lowest BCUT2D eigenvalue weighted by Gasteiger charge is -2.02. The number of rotatable bonds is 3. The third-order valence-electron chi connectivity index (χ3n) is 2.97. The third-order valence-corrected chi connectivity index (χ3v) is 3.85. The molecule has 0 unspecified atom stereocenters. The van der Waals surface area contributed by atoms with Gasteiger partial charge in [0.1, 0.15) is 6.33 Å². The molecule has 0 aliphatic rings. The molecular formula is C13H12N4OS. The number of nitrogens with one attached hydrogen (secondary N) is 1. The molecule has 0 aromatic carbocycles. The van der Waals surface area contributed by atoms with Gasteiger partial charge in [0, 0.05) is 11.1 Å². The molecular weight excluding hydrogens is 260 g/mol. The lowest BCUT2D eigenvalue weighted by Crippen LogP contribution is -2.22. The van der Waals surface area contributed by atoms with E-state index in [-0.39, 0.29) is 5.91 Å². The average molecular weight is 272 g/mol. The van der Waals surface area contributed by atoms with Gasteiger partial charge in [0.15, 0.2) is 0 Å². The van der Waals surface area contributed by atoms with Crippen LogP contribution in [0.2, 0.25) is 0 Å². The Morgan fingerprint density at radius 1 is 1.53 bits per heavy atom. The van der Waals surface area contributed by atoms with Crippen molar-refractivity contribution in [3.05, 3.63) is 52.2 Å². The zero-order valence-electron chi connectivity index (χ0n) is 10.3. The molecule has 0 bridgehead atoms. The lowest BCUT2D eigenvalue weighted by atomic mass is 10.2. The molecule has 0 spiro atoms. The molecule has 1 N–H and O–H groups in total. The van der Waals surface area contributed by atoms with E-state index < -0.39 is 0 Å². The van der Waals surface area contributed by atoms with E-state index in [4.69, 9.17) is 0 Å². The van der Waals surface area contributed by atoms with Gasteiger partial charge in [-0.1, -0.05) is 6.07 Å². The van der Waals surface area contributed by atoms with Crippen molar-refractivity contribution in [3.63, 3.8) is 0 Å². The summed E-state index contributed by atoms with van der Waals surface area (Å²) < 4.78 is 1.67. The second-order valence-corrected chi connectivity index (χ2v) is 5.20. The maximum absolute atomic E-state index is 12.2. The Morgan fingerprint density at radius 3 is 3.16 bits per heavy atom. The molecule has 0 saturated heterocycles. The molecule has 0 radical (unpaired) electrons. The van der Waals surface area contributed by atoms with Gasteiger partial charge in [-0.2, -0.15) is 5.10 Å². The minimum absolute atomic E-state index is 0.0867. The molecule has 3 heterocycles. The van der Waals surface area contributed by atoms with Crippen LogP contribution in [0.15, 0.2) is 36.2 Å². The highest BCUT2D eigenvalue weighted by Gasteiger charge is 2.14. The van der Waals surface area contributed by atoms with Crippen LogP contribution in [0.25, 0.3) is 5.52 Å². The summed E-state index contributed by atoms with van der Waals surface area (Å²) in [5.74, 6) is -0.0867. The molecule has 0 saturated carbocycles. The Bertz CT molecular complexity index is 717. The van der Waals surface area contributed by atoms with Gasteiger partial charge >= 0.3 is 0 Å².